The van der Waals surface area contributed by atoms with Crippen molar-refractivity contribution in [1.29, 1.82) is 0 Å². The van der Waals surface area contributed by atoms with E-state index in [9.17, 15) is 0 Å². The summed E-state index contributed by atoms with van der Waals surface area (Å²) >= 11 is 0. The van der Waals surface area contributed by atoms with Crippen molar-refractivity contribution in [2.24, 2.45) is 5.92 Å². The van der Waals surface area contributed by atoms with E-state index in [-0.39, 0.29) is 0 Å². The molecule has 2 aliphatic rings. The molecule has 12 heavy (non-hydrogen) atoms. The zero-order valence-corrected chi connectivity index (χ0v) is 7.60. The highest BCUT2D eigenvalue weighted by molar-refractivity contribution is 5.09. The molecule has 2 rings (SSSR count). The number of nitrogens with one attached hydrogen (secondary N) is 2. The zero-order chi connectivity index (χ0) is 8.44. The van der Waals surface area contributed by atoms with Crippen molar-refractivity contribution in [1.82, 2.24) is 10.6 Å². The fraction of sp³-hybridized carbons (Fsp3) is 0.800. The van der Waals surface area contributed by atoms with E-state index in [1.54, 1.807) is 0 Å². The summed E-state index contributed by atoms with van der Waals surface area (Å²) in [7, 11) is 0. The van der Waals surface area contributed by atoms with Crippen molar-refractivity contribution < 1.29 is 0 Å². The molecule has 1 aliphatic carbocycles. The van der Waals surface area contributed by atoms with E-state index < -0.39 is 0 Å². The number of rotatable bonds is 4. The molecule has 2 N–H and O–H groups in total. The predicted octanol–water partition coefficient (Wildman–Crippen LogP) is 0.904. The Hall–Kier alpha value is -0.340. The van der Waals surface area contributed by atoms with Gasteiger partial charge < -0.3 is 10.6 Å². The van der Waals surface area contributed by atoms with E-state index in [4.69, 9.17) is 0 Å². The van der Waals surface area contributed by atoms with E-state index in [0.717, 1.165) is 12.5 Å². The number of hydrogen-bond acceptors (Lipinski definition) is 2. The van der Waals surface area contributed by atoms with Gasteiger partial charge in [0.15, 0.2) is 0 Å². The van der Waals surface area contributed by atoms with Crippen LogP contribution in [-0.4, -0.2) is 25.2 Å². The molecule has 1 saturated heterocycles. The molecule has 2 nitrogen and oxygen atoms in total. The van der Waals surface area contributed by atoms with Crippen LogP contribution in [-0.2, 0) is 0 Å². The first-order valence-corrected chi connectivity index (χ1v) is 4.94. The summed E-state index contributed by atoms with van der Waals surface area (Å²) < 4.78 is 0. The van der Waals surface area contributed by atoms with Crippen molar-refractivity contribution in [2.75, 3.05) is 19.6 Å². The van der Waals surface area contributed by atoms with Crippen LogP contribution < -0.4 is 10.6 Å². The highest BCUT2D eigenvalue weighted by Crippen LogP contribution is 2.44. The molecule has 0 bridgehead atoms. The third kappa shape index (κ3) is 1.41. The molecule has 0 aromatic heterocycles. The van der Waals surface area contributed by atoms with Gasteiger partial charge in [-0.3, -0.25) is 0 Å². The van der Waals surface area contributed by atoms with Gasteiger partial charge in [-0.05, 0) is 38.3 Å². The van der Waals surface area contributed by atoms with Gasteiger partial charge in [0.05, 0.1) is 0 Å². The quantitative estimate of drug-likeness (QED) is 0.606. The van der Waals surface area contributed by atoms with Crippen LogP contribution in [0.25, 0.3) is 0 Å². The lowest BCUT2D eigenvalue weighted by molar-refractivity contribution is 0.367. The van der Waals surface area contributed by atoms with E-state index in [2.05, 4.69) is 17.2 Å². The highest BCUT2D eigenvalue weighted by Gasteiger charge is 2.48. The second-order valence-electron chi connectivity index (χ2n) is 4.02. The Labute approximate surface area is 74.4 Å². The monoisotopic (exact) mass is 166 g/mol. The first-order valence-electron chi connectivity index (χ1n) is 4.94. The maximum Gasteiger partial charge on any atom is 0.0226 e. The Balaban J connectivity index is 1.87. The summed E-state index contributed by atoms with van der Waals surface area (Å²) in [6.07, 6.45) is 6.05. The summed E-state index contributed by atoms with van der Waals surface area (Å²) in [5.41, 5.74) is 0.498. The van der Waals surface area contributed by atoms with Crippen molar-refractivity contribution >= 4 is 0 Å². The lowest BCUT2D eigenvalue weighted by Gasteiger charge is -2.22. The highest BCUT2D eigenvalue weighted by atomic mass is 15.1. The molecule has 0 amide bonds. The van der Waals surface area contributed by atoms with Crippen LogP contribution in [0.3, 0.4) is 0 Å². The fourth-order valence-electron chi connectivity index (χ4n) is 2.27. The minimum absolute atomic E-state index is 0.498. The SMILES string of the molecule is C=CCNC1(C2CCNC2)CC1. The molecule has 2 heteroatoms. The standard InChI is InChI=1S/C10H18N2/c1-2-6-12-10(4-5-10)9-3-7-11-8-9/h2,9,11-12H,1,3-8H2. The largest absolute Gasteiger partial charge is 0.316 e. The second kappa shape index (κ2) is 3.19. The van der Waals surface area contributed by atoms with Crippen LogP contribution in [0.5, 0.6) is 0 Å². The van der Waals surface area contributed by atoms with Gasteiger partial charge in [0.25, 0.3) is 0 Å². The Bertz CT molecular complexity index is 167. The third-order valence-corrected chi connectivity index (χ3v) is 3.23. The summed E-state index contributed by atoms with van der Waals surface area (Å²) in [6, 6.07) is 0. The maximum absolute atomic E-state index is 3.74. The minimum Gasteiger partial charge on any atom is -0.316 e. The normalized spacial score (nSPS) is 31.8. The van der Waals surface area contributed by atoms with Crippen LogP contribution in [0.4, 0.5) is 0 Å². The third-order valence-electron chi connectivity index (χ3n) is 3.23. The minimum atomic E-state index is 0.498. The van der Waals surface area contributed by atoms with E-state index in [1.807, 2.05) is 6.08 Å². The molecule has 1 heterocycles. The molecule has 2 fully saturated rings. The van der Waals surface area contributed by atoms with Gasteiger partial charge in [0, 0.05) is 12.1 Å². The molecule has 1 unspecified atom stereocenters. The van der Waals surface area contributed by atoms with Crippen molar-refractivity contribution in [3.05, 3.63) is 12.7 Å². The van der Waals surface area contributed by atoms with Gasteiger partial charge in [-0.15, -0.1) is 6.58 Å². The first kappa shape index (κ1) is 8.27. The average Bonchev–Trinajstić information content (AvgIpc) is 2.66. The Morgan fingerprint density at radius 2 is 2.42 bits per heavy atom. The van der Waals surface area contributed by atoms with Crippen molar-refractivity contribution in [3.63, 3.8) is 0 Å². The van der Waals surface area contributed by atoms with Gasteiger partial charge in [-0.1, -0.05) is 6.08 Å². The smallest absolute Gasteiger partial charge is 0.0226 e. The summed E-state index contributed by atoms with van der Waals surface area (Å²) in [6.45, 7) is 7.13. The predicted molar refractivity (Wildman–Crippen MR) is 51.1 cm³/mol. The Kier molecular flexibility index (Phi) is 2.20. The lowest BCUT2D eigenvalue weighted by atomic mass is 9.96. The molecular weight excluding hydrogens is 148 g/mol. The van der Waals surface area contributed by atoms with Crippen molar-refractivity contribution in [2.45, 2.75) is 24.8 Å². The van der Waals surface area contributed by atoms with Crippen molar-refractivity contribution in [3.8, 4) is 0 Å². The maximum atomic E-state index is 3.74. The Morgan fingerprint density at radius 1 is 1.58 bits per heavy atom. The second-order valence-corrected chi connectivity index (χ2v) is 4.02. The summed E-state index contributed by atoms with van der Waals surface area (Å²) in [5, 5.41) is 7.03. The molecule has 0 radical (unpaired) electrons. The van der Waals surface area contributed by atoms with Crippen LogP contribution in [0.15, 0.2) is 12.7 Å². The average molecular weight is 166 g/mol. The Morgan fingerprint density at radius 3 is 2.92 bits per heavy atom. The molecule has 1 atom stereocenters. The molecule has 1 saturated carbocycles. The molecule has 1 aliphatic heterocycles. The van der Waals surface area contributed by atoms with Gasteiger partial charge in [0.2, 0.25) is 0 Å². The molecule has 0 spiro atoms. The zero-order valence-electron chi connectivity index (χ0n) is 7.60. The van der Waals surface area contributed by atoms with Gasteiger partial charge in [0.1, 0.15) is 0 Å². The van der Waals surface area contributed by atoms with Crippen LogP contribution in [0, 0.1) is 5.92 Å². The molecule has 0 aromatic carbocycles. The van der Waals surface area contributed by atoms with Crippen LogP contribution in [0.1, 0.15) is 19.3 Å². The molecular formula is C10H18N2. The van der Waals surface area contributed by atoms with Gasteiger partial charge in [-0.25, -0.2) is 0 Å². The van der Waals surface area contributed by atoms with E-state index >= 15 is 0 Å². The topological polar surface area (TPSA) is 24.1 Å². The number of hydrogen-bond donors (Lipinski definition) is 2. The van der Waals surface area contributed by atoms with Gasteiger partial charge in [-0.2, -0.15) is 0 Å². The molecule has 0 aromatic rings. The molecule has 68 valence electrons. The van der Waals surface area contributed by atoms with E-state index in [0.29, 0.717) is 5.54 Å². The fourth-order valence-corrected chi connectivity index (χ4v) is 2.27. The summed E-state index contributed by atoms with van der Waals surface area (Å²) in [4.78, 5) is 0. The first-order chi connectivity index (χ1) is 5.87. The van der Waals surface area contributed by atoms with Crippen LogP contribution >= 0.6 is 0 Å². The lowest BCUT2D eigenvalue weighted by Crippen LogP contribution is -2.39. The summed E-state index contributed by atoms with van der Waals surface area (Å²) in [5.74, 6) is 0.873. The van der Waals surface area contributed by atoms with Gasteiger partial charge >= 0.3 is 0 Å². The van der Waals surface area contributed by atoms with Crippen LogP contribution in [0.2, 0.25) is 0 Å². The van der Waals surface area contributed by atoms with E-state index in [1.165, 1.54) is 32.4 Å².